The van der Waals surface area contributed by atoms with Gasteiger partial charge in [-0.3, -0.25) is 14.4 Å². The fraction of sp³-hybridized carbons (Fsp3) is 0.667. The number of carbonyl (C=O) groups is 3. The lowest BCUT2D eigenvalue weighted by Crippen LogP contribution is -2.30. The van der Waals surface area contributed by atoms with Crippen molar-refractivity contribution >= 4 is 17.9 Å². The smallest absolute Gasteiger partial charge is 0.306 e. The third-order valence-corrected chi connectivity index (χ3v) is 14.1. The van der Waals surface area contributed by atoms with Crippen molar-refractivity contribution in [2.45, 2.75) is 309 Å². The molecule has 6 nitrogen and oxygen atoms in total. The number of carbonyl (C=O) groups excluding carboxylic acids is 3. The van der Waals surface area contributed by atoms with Crippen LogP contribution in [0.15, 0.2) is 134 Å². The highest BCUT2D eigenvalue weighted by Gasteiger charge is 2.19. The molecule has 0 saturated heterocycles. The van der Waals surface area contributed by atoms with Crippen LogP contribution in [0.3, 0.4) is 0 Å². The number of allylic oxidation sites excluding steroid dienone is 22. The Hall–Kier alpha value is -4.45. The van der Waals surface area contributed by atoms with Crippen LogP contribution in [-0.2, 0) is 28.6 Å². The molecule has 6 heteroatoms. The average Bonchev–Trinajstić information content (AvgIpc) is 3.47. The van der Waals surface area contributed by atoms with Gasteiger partial charge in [0.25, 0.3) is 0 Å². The molecular weight excluding hydrogens is 997 g/mol. The Morgan fingerprint density at radius 3 is 0.753 bits per heavy atom. The standard InChI is InChI=1S/C75H124O6/c1-4-7-10-13-16-19-22-25-28-31-34-37-40-43-46-49-52-55-58-61-64-67-73(76)79-70-72(81-75(78)69-66-63-60-57-54-51-48-45-42-39-36-33-30-27-24-21-18-15-12-9-6-3)71-80-74(77)68-65-62-59-56-53-50-47-44-41-38-35-32-29-26-23-20-17-14-11-8-5-2/h7,9-10,12,16,18-19,21,23,25-28,30,32,34-37,39,43,46,72H,4-6,8,11,13-15,17,20,22,24,29,31,33,38,40-42,44-45,47-71H2,1-3H3/b10-7-,12-9-,19-16-,21-18-,26-23-,28-25-,30-27-,35-32-,37-34-,39-36-,46-43-. The van der Waals surface area contributed by atoms with E-state index in [0.717, 1.165) is 148 Å². The molecule has 0 aromatic heterocycles. The van der Waals surface area contributed by atoms with E-state index < -0.39 is 6.10 Å². The highest BCUT2D eigenvalue weighted by Crippen LogP contribution is 2.16. The van der Waals surface area contributed by atoms with Crippen molar-refractivity contribution in [2.24, 2.45) is 0 Å². The molecule has 81 heavy (non-hydrogen) atoms. The molecule has 0 aromatic carbocycles. The van der Waals surface area contributed by atoms with E-state index in [1.807, 2.05) is 0 Å². The summed E-state index contributed by atoms with van der Waals surface area (Å²) in [6.45, 7) is 6.40. The van der Waals surface area contributed by atoms with Gasteiger partial charge in [-0.05, 0) is 135 Å². The maximum absolute atomic E-state index is 13.0. The normalized spacial score (nSPS) is 13.0. The van der Waals surface area contributed by atoms with Gasteiger partial charge in [0.2, 0.25) is 0 Å². The van der Waals surface area contributed by atoms with Crippen molar-refractivity contribution in [3.63, 3.8) is 0 Å². The minimum Gasteiger partial charge on any atom is -0.462 e. The summed E-state index contributed by atoms with van der Waals surface area (Å²) in [5, 5.41) is 0. The zero-order valence-electron chi connectivity index (χ0n) is 52.8. The van der Waals surface area contributed by atoms with Crippen LogP contribution in [0.4, 0.5) is 0 Å². The number of esters is 3. The van der Waals surface area contributed by atoms with E-state index in [9.17, 15) is 14.4 Å². The van der Waals surface area contributed by atoms with E-state index in [-0.39, 0.29) is 31.1 Å². The predicted octanol–water partition coefficient (Wildman–Crippen LogP) is 23.3. The Morgan fingerprint density at radius 2 is 0.481 bits per heavy atom. The molecule has 0 aromatic rings. The molecule has 0 amide bonds. The molecule has 1 atom stereocenters. The van der Waals surface area contributed by atoms with Crippen LogP contribution < -0.4 is 0 Å². The van der Waals surface area contributed by atoms with Crippen molar-refractivity contribution in [3.05, 3.63) is 134 Å². The lowest BCUT2D eigenvalue weighted by molar-refractivity contribution is -0.167. The highest BCUT2D eigenvalue weighted by atomic mass is 16.6. The van der Waals surface area contributed by atoms with Crippen molar-refractivity contribution < 1.29 is 28.6 Å². The van der Waals surface area contributed by atoms with Crippen LogP contribution in [-0.4, -0.2) is 37.2 Å². The zero-order valence-corrected chi connectivity index (χ0v) is 52.8. The Kier molecular flexibility index (Phi) is 64.3. The second-order valence-corrected chi connectivity index (χ2v) is 22.0. The fourth-order valence-electron chi connectivity index (χ4n) is 9.14. The van der Waals surface area contributed by atoms with Gasteiger partial charge in [0, 0.05) is 19.3 Å². The highest BCUT2D eigenvalue weighted by molar-refractivity contribution is 5.71. The lowest BCUT2D eigenvalue weighted by atomic mass is 10.1. The van der Waals surface area contributed by atoms with Crippen molar-refractivity contribution in [1.29, 1.82) is 0 Å². The molecule has 0 spiro atoms. The zero-order chi connectivity index (χ0) is 58.5. The summed E-state index contributed by atoms with van der Waals surface area (Å²) in [6.07, 6.45) is 95.9. The van der Waals surface area contributed by atoms with Crippen LogP contribution in [0, 0.1) is 0 Å². The molecule has 0 fully saturated rings. The van der Waals surface area contributed by atoms with Crippen molar-refractivity contribution in [2.75, 3.05) is 13.2 Å². The summed E-state index contributed by atoms with van der Waals surface area (Å²) < 4.78 is 17.0. The van der Waals surface area contributed by atoms with Crippen molar-refractivity contribution in [3.8, 4) is 0 Å². The van der Waals surface area contributed by atoms with Crippen LogP contribution in [0.1, 0.15) is 303 Å². The minimum absolute atomic E-state index is 0.0931. The van der Waals surface area contributed by atoms with Gasteiger partial charge >= 0.3 is 17.9 Å². The van der Waals surface area contributed by atoms with E-state index in [2.05, 4.69) is 154 Å². The minimum atomic E-state index is -0.800. The predicted molar refractivity (Wildman–Crippen MR) is 353 cm³/mol. The first kappa shape index (κ1) is 76.5. The Bertz CT molecular complexity index is 1720. The van der Waals surface area contributed by atoms with E-state index in [4.69, 9.17) is 14.2 Å². The Morgan fingerprint density at radius 1 is 0.259 bits per heavy atom. The molecule has 0 saturated carbocycles. The third kappa shape index (κ3) is 66.2. The number of unbranched alkanes of at least 4 members (excludes halogenated alkanes) is 27. The van der Waals surface area contributed by atoms with E-state index in [1.54, 1.807) is 0 Å². The first-order valence-electron chi connectivity index (χ1n) is 33.7. The summed E-state index contributed by atoms with van der Waals surface area (Å²) >= 11 is 0. The Balaban J connectivity index is 4.47. The van der Waals surface area contributed by atoms with Crippen molar-refractivity contribution in [1.82, 2.24) is 0 Å². The van der Waals surface area contributed by atoms with Crippen LogP contribution >= 0.6 is 0 Å². The SMILES string of the molecule is CC/C=C\C/C=C\C/C=C\C/C=C\C/C=C\CCCCCCCC(=O)OCC(COC(=O)CCCCCCCCCCC/C=C\C/C=C\CCCCCCC)OC(=O)CCCCCCCCCC/C=C\C/C=C\C/C=C\C/C=C\CC. The molecule has 0 radical (unpaired) electrons. The van der Waals surface area contributed by atoms with Gasteiger partial charge in [0.1, 0.15) is 13.2 Å². The third-order valence-electron chi connectivity index (χ3n) is 14.1. The first-order chi connectivity index (χ1) is 40.0. The maximum Gasteiger partial charge on any atom is 0.306 e. The first-order valence-corrected chi connectivity index (χ1v) is 33.7. The quantitative estimate of drug-likeness (QED) is 0.0261. The van der Waals surface area contributed by atoms with Gasteiger partial charge in [0.15, 0.2) is 6.10 Å². The largest absolute Gasteiger partial charge is 0.462 e. The molecule has 0 N–H and O–H groups in total. The van der Waals surface area contributed by atoms with Crippen LogP contribution in [0.2, 0.25) is 0 Å². The van der Waals surface area contributed by atoms with E-state index in [1.165, 1.54) is 116 Å². The summed E-state index contributed by atoms with van der Waals surface area (Å²) in [5.74, 6) is -0.918. The van der Waals surface area contributed by atoms with Gasteiger partial charge in [-0.2, -0.15) is 0 Å². The monoisotopic (exact) mass is 1120 g/mol. The molecule has 0 aliphatic rings. The number of hydrogen-bond acceptors (Lipinski definition) is 6. The average molecular weight is 1120 g/mol. The van der Waals surface area contributed by atoms with Crippen LogP contribution in [0.5, 0.6) is 0 Å². The number of ether oxygens (including phenoxy) is 3. The molecular formula is C75H124O6. The van der Waals surface area contributed by atoms with Gasteiger partial charge in [-0.15, -0.1) is 0 Å². The van der Waals surface area contributed by atoms with E-state index >= 15 is 0 Å². The summed E-state index contributed by atoms with van der Waals surface area (Å²) in [5.41, 5.74) is 0. The fourth-order valence-corrected chi connectivity index (χ4v) is 9.14. The topological polar surface area (TPSA) is 78.9 Å². The van der Waals surface area contributed by atoms with Gasteiger partial charge in [-0.25, -0.2) is 0 Å². The van der Waals surface area contributed by atoms with Crippen LogP contribution in [0.25, 0.3) is 0 Å². The maximum atomic E-state index is 13.0. The molecule has 1 unspecified atom stereocenters. The summed E-state index contributed by atoms with van der Waals surface area (Å²) in [7, 11) is 0. The molecule has 0 rings (SSSR count). The second-order valence-electron chi connectivity index (χ2n) is 22.0. The molecule has 0 heterocycles. The number of rotatable bonds is 60. The lowest BCUT2D eigenvalue weighted by Gasteiger charge is -2.18. The van der Waals surface area contributed by atoms with E-state index in [0.29, 0.717) is 19.3 Å². The van der Waals surface area contributed by atoms with Gasteiger partial charge in [0.05, 0.1) is 0 Å². The molecule has 0 aliphatic heterocycles. The number of hydrogen-bond donors (Lipinski definition) is 0. The molecule has 460 valence electrons. The summed E-state index contributed by atoms with van der Waals surface area (Å²) in [6, 6.07) is 0. The second kappa shape index (κ2) is 68.1. The van der Waals surface area contributed by atoms with Gasteiger partial charge < -0.3 is 14.2 Å². The summed E-state index contributed by atoms with van der Waals surface area (Å²) in [4.78, 5) is 38.5. The molecule has 0 bridgehead atoms. The van der Waals surface area contributed by atoms with Gasteiger partial charge in [-0.1, -0.05) is 283 Å². The Labute approximate surface area is 500 Å². The molecule has 0 aliphatic carbocycles.